The van der Waals surface area contributed by atoms with Crippen LogP contribution in [0.1, 0.15) is 200 Å². The van der Waals surface area contributed by atoms with Crippen molar-refractivity contribution < 1.29 is 56.2 Å². The Bertz CT molecular complexity index is 1210. The van der Waals surface area contributed by atoms with Crippen LogP contribution in [-0.4, -0.2) is 97.5 Å². The standard InChI is InChI=1S/C48H88O12S/c1-3-5-7-9-11-13-14-15-16-17-18-19-20-21-22-23-24-25-26-27-28-29-30-32-34-36-38-56-40-42(58-44(50)37-35-33-31-12-10-8-6-4-2)41-57-48-46(52)47(60-61(53,54)55)45(51)43(39-49)59-48/h14-15,17-18,20-21,42-43,45-49,51-52H,3-13,16,19,22-41H2,1-2H3,(H,53,54,55)/b15-14-,18-17-,21-20-. The zero-order chi connectivity index (χ0) is 44.7. The second kappa shape index (κ2) is 39.9. The fraction of sp³-hybridized carbons (Fsp3) is 0.854. The monoisotopic (exact) mass is 889 g/mol. The molecule has 1 fully saturated rings. The van der Waals surface area contributed by atoms with E-state index >= 15 is 0 Å². The highest BCUT2D eigenvalue weighted by atomic mass is 32.3. The molecule has 1 aliphatic heterocycles. The predicted octanol–water partition coefficient (Wildman–Crippen LogP) is 10.6. The molecule has 6 unspecified atom stereocenters. The topological polar surface area (TPSA) is 178 Å². The number of aliphatic hydroxyl groups is 3. The lowest BCUT2D eigenvalue weighted by molar-refractivity contribution is -0.301. The number of carbonyl (C=O) groups is 1. The Balaban J connectivity index is 2.26. The molecule has 0 aliphatic carbocycles. The van der Waals surface area contributed by atoms with Gasteiger partial charge in [-0.1, -0.05) is 179 Å². The van der Waals surface area contributed by atoms with Crippen molar-refractivity contribution in [3.63, 3.8) is 0 Å². The molecule has 0 aromatic rings. The normalized spacial score (nSPS) is 20.4. The van der Waals surface area contributed by atoms with E-state index in [1.165, 1.54) is 122 Å². The summed E-state index contributed by atoms with van der Waals surface area (Å²) < 4.78 is 58.9. The SMILES string of the molecule is CCCCCCC/C=C\C/C=C\C/C=C\CCCCCCCCCCCCCOCC(COC1OC(CO)C(O)C(OS(=O)(=O)O)C1O)OC(=O)CCCCCCCCCC. The van der Waals surface area contributed by atoms with E-state index in [1.54, 1.807) is 0 Å². The van der Waals surface area contributed by atoms with Crippen LogP contribution in [0.25, 0.3) is 0 Å². The Morgan fingerprint density at radius 3 is 1.57 bits per heavy atom. The lowest BCUT2D eigenvalue weighted by Gasteiger charge is -2.41. The van der Waals surface area contributed by atoms with Gasteiger partial charge in [0.15, 0.2) is 6.29 Å². The van der Waals surface area contributed by atoms with Crippen molar-refractivity contribution in [2.45, 2.75) is 237 Å². The average Bonchev–Trinajstić information content (AvgIpc) is 3.23. The Morgan fingerprint density at radius 2 is 1.08 bits per heavy atom. The smallest absolute Gasteiger partial charge is 0.397 e. The molecule has 0 aromatic heterocycles. The van der Waals surface area contributed by atoms with E-state index in [9.17, 15) is 28.5 Å². The number of allylic oxidation sites excluding steroid dienone is 6. The van der Waals surface area contributed by atoms with Gasteiger partial charge in [-0.25, -0.2) is 4.18 Å². The van der Waals surface area contributed by atoms with Crippen LogP contribution < -0.4 is 0 Å². The largest absolute Gasteiger partial charge is 0.457 e. The Kier molecular flexibility index (Phi) is 37.5. The minimum absolute atomic E-state index is 0.0358. The first-order valence-corrected chi connectivity index (χ1v) is 25.6. The van der Waals surface area contributed by atoms with E-state index in [-0.39, 0.29) is 19.6 Å². The van der Waals surface area contributed by atoms with Gasteiger partial charge in [-0.05, 0) is 51.4 Å². The van der Waals surface area contributed by atoms with Gasteiger partial charge in [0, 0.05) is 13.0 Å². The van der Waals surface area contributed by atoms with Crippen LogP contribution in [0.2, 0.25) is 0 Å². The summed E-state index contributed by atoms with van der Waals surface area (Å²) >= 11 is 0. The van der Waals surface area contributed by atoms with Gasteiger partial charge in [-0.15, -0.1) is 0 Å². The maximum atomic E-state index is 12.8. The number of ether oxygens (including phenoxy) is 4. The van der Waals surface area contributed by atoms with Crippen molar-refractivity contribution in [1.82, 2.24) is 0 Å². The zero-order valence-corrected chi connectivity index (χ0v) is 39.0. The maximum Gasteiger partial charge on any atom is 0.397 e. The molecule has 4 N–H and O–H groups in total. The summed E-state index contributed by atoms with van der Waals surface area (Å²) in [7, 11) is -5.06. The Labute approximate surface area is 371 Å². The summed E-state index contributed by atoms with van der Waals surface area (Å²) in [6.07, 6.45) is 37.8. The summed E-state index contributed by atoms with van der Waals surface area (Å²) in [4.78, 5) is 12.8. The van der Waals surface area contributed by atoms with Crippen LogP contribution >= 0.6 is 0 Å². The average molecular weight is 889 g/mol. The summed E-state index contributed by atoms with van der Waals surface area (Å²) in [5.41, 5.74) is 0. The van der Waals surface area contributed by atoms with Gasteiger partial charge in [-0.2, -0.15) is 8.42 Å². The highest BCUT2D eigenvalue weighted by Crippen LogP contribution is 2.26. The predicted molar refractivity (Wildman–Crippen MR) is 243 cm³/mol. The van der Waals surface area contributed by atoms with Crippen LogP contribution in [0.5, 0.6) is 0 Å². The minimum Gasteiger partial charge on any atom is -0.457 e. The molecule has 61 heavy (non-hydrogen) atoms. The van der Waals surface area contributed by atoms with E-state index < -0.39 is 59.8 Å². The van der Waals surface area contributed by atoms with Gasteiger partial charge >= 0.3 is 16.4 Å². The molecule has 1 rings (SSSR count). The summed E-state index contributed by atoms with van der Waals surface area (Å²) in [5.74, 6) is -0.405. The van der Waals surface area contributed by atoms with Crippen LogP contribution in [-0.2, 0) is 38.3 Å². The molecular formula is C48H88O12S. The van der Waals surface area contributed by atoms with Crippen LogP contribution in [0, 0.1) is 0 Å². The molecule has 1 aliphatic rings. The van der Waals surface area contributed by atoms with Crippen molar-refractivity contribution in [3.8, 4) is 0 Å². The molecule has 13 heteroatoms. The highest BCUT2D eigenvalue weighted by molar-refractivity contribution is 7.80. The van der Waals surface area contributed by atoms with Gasteiger partial charge in [0.25, 0.3) is 0 Å². The molecule has 6 atom stereocenters. The molecular weight excluding hydrogens is 801 g/mol. The molecule has 0 saturated carbocycles. The van der Waals surface area contributed by atoms with Gasteiger partial charge in [0.1, 0.15) is 30.5 Å². The minimum atomic E-state index is -5.06. The van der Waals surface area contributed by atoms with Gasteiger partial charge in [0.05, 0.1) is 19.8 Å². The van der Waals surface area contributed by atoms with Crippen molar-refractivity contribution in [3.05, 3.63) is 36.5 Å². The van der Waals surface area contributed by atoms with E-state index in [0.717, 1.165) is 51.4 Å². The van der Waals surface area contributed by atoms with Crippen LogP contribution in [0.4, 0.5) is 0 Å². The number of aliphatic hydroxyl groups excluding tert-OH is 3. The number of hydrogen-bond acceptors (Lipinski definition) is 11. The fourth-order valence-electron chi connectivity index (χ4n) is 7.33. The molecule has 0 amide bonds. The Hall–Kier alpha value is -1.68. The van der Waals surface area contributed by atoms with Crippen LogP contribution in [0.15, 0.2) is 36.5 Å². The van der Waals surface area contributed by atoms with Gasteiger partial charge < -0.3 is 34.3 Å². The molecule has 0 aromatic carbocycles. The molecule has 0 bridgehead atoms. The molecule has 358 valence electrons. The third-order valence-corrected chi connectivity index (χ3v) is 11.5. The first kappa shape index (κ1) is 57.3. The maximum absolute atomic E-state index is 12.8. The molecule has 12 nitrogen and oxygen atoms in total. The molecule has 1 saturated heterocycles. The third kappa shape index (κ3) is 33.5. The number of hydrogen-bond donors (Lipinski definition) is 4. The fourth-order valence-corrected chi connectivity index (χ4v) is 7.84. The Morgan fingerprint density at radius 1 is 0.623 bits per heavy atom. The molecule has 0 spiro atoms. The van der Waals surface area contributed by atoms with Gasteiger partial charge in [-0.3, -0.25) is 9.35 Å². The van der Waals surface area contributed by atoms with E-state index in [0.29, 0.717) is 13.0 Å². The number of rotatable bonds is 42. The second-order valence-corrected chi connectivity index (χ2v) is 17.8. The molecule has 0 radical (unpaired) electrons. The first-order valence-electron chi connectivity index (χ1n) is 24.2. The van der Waals surface area contributed by atoms with Crippen LogP contribution in [0.3, 0.4) is 0 Å². The lowest BCUT2D eigenvalue weighted by Crippen LogP contribution is -2.60. The third-order valence-electron chi connectivity index (χ3n) is 11.0. The van der Waals surface area contributed by atoms with E-state index in [2.05, 4.69) is 54.5 Å². The van der Waals surface area contributed by atoms with E-state index in [1.807, 2.05) is 0 Å². The number of unbranched alkanes of at least 4 members (excludes halogenated alkanes) is 23. The van der Waals surface area contributed by atoms with Crippen molar-refractivity contribution >= 4 is 16.4 Å². The van der Waals surface area contributed by atoms with Crippen molar-refractivity contribution in [2.24, 2.45) is 0 Å². The van der Waals surface area contributed by atoms with Gasteiger partial charge in [0.2, 0.25) is 0 Å². The summed E-state index contributed by atoms with van der Waals surface area (Å²) in [6, 6.07) is 0. The van der Waals surface area contributed by atoms with Crippen molar-refractivity contribution in [2.75, 3.05) is 26.4 Å². The quantitative estimate of drug-likeness (QED) is 0.0198. The number of esters is 1. The number of carbonyl (C=O) groups excluding carboxylic acids is 1. The first-order chi connectivity index (χ1) is 29.6. The molecule has 1 heterocycles. The highest BCUT2D eigenvalue weighted by Gasteiger charge is 2.48. The van der Waals surface area contributed by atoms with E-state index in [4.69, 9.17) is 23.5 Å². The summed E-state index contributed by atoms with van der Waals surface area (Å²) in [6.45, 7) is 3.94. The summed E-state index contributed by atoms with van der Waals surface area (Å²) in [5, 5.41) is 30.6. The lowest BCUT2D eigenvalue weighted by atomic mass is 9.99. The zero-order valence-electron chi connectivity index (χ0n) is 38.2. The van der Waals surface area contributed by atoms with Crippen molar-refractivity contribution in [1.29, 1.82) is 0 Å². The second-order valence-electron chi connectivity index (χ2n) is 16.7.